The first kappa shape index (κ1) is 13.6. The average molecular weight is 249 g/mol. The Morgan fingerprint density at radius 1 is 1.35 bits per heavy atom. The van der Waals surface area contributed by atoms with Crippen molar-refractivity contribution in [2.24, 2.45) is 0 Å². The third-order valence-corrected chi connectivity index (χ3v) is 2.01. The van der Waals surface area contributed by atoms with Crippen molar-refractivity contribution >= 4 is 5.78 Å². The van der Waals surface area contributed by atoms with E-state index in [9.17, 15) is 22.4 Å². The predicted octanol–water partition coefficient (Wildman–Crippen LogP) is 2.50. The standard InChI is InChI=1S/C11H11F4NO/c1-16(7-11(13,14)15)6-10(17)8-3-2-4-9(12)5-8/h2-5H,6-7H2,1H3. The molecule has 0 aliphatic heterocycles. The topological polar surface area (TPSA) is 20.3 Å². The van der Waals surface area contributed by atoms with Gasteiger partial charge in [-0.25, -0.2) is 4.39 Å². The van der Waals surface area contributed by atoms with Gasteiger partial charge in [0, 0.05) is 5.56 Å². The van der Waals surface area contributed by atoms with E-state index in [0.29, 0.717) is 0 Å². The van der Waals surface area contributed by atoms with Gasteiger partial charge in [-0.15, -0.1) is 0 Å². The molecule has 0 unspecified atom stereocenters. The maximum atomic E-state index is 12.8. The molecule has 0 fully saturated rings. The molecule has 0 saturated carbocycles. The van der Waals surface area contributed by atoms with Crippen LogP contribution in [0.1, 0.15) is 10.4 Å². The number of rotatable bonds is 4. The number of ketones is 1. The Morgan fingerprint density at radius 3 is 2.53 bits per heavy atom. The summed E-state index contributed by atoms with van der Waals surface area (Å²) in [4.78, 5) is 12.4. The smallest absolute Gasteiger partial charge is 0.293 e. The van der Waals surface area contributed by atoms with Crippen LogP contribution in [0.25, 0.3) is 0 Å². The zero-order valence-electron chi connectivity index (χ0n) is 9.09. The van der Waals surface area contributed by atoms with Crippen LogP contribution in [0.3, 0.4) is 0 Å². The quantitative estimate of drug-likeness (QED) is 0.603. The Labute approximate surface area is 95.8 Å². The minimum Gasteiger partial charge on any atom is -0.293 e. The van der Waals surface area contributed by atoms with Crippen molar-refractivity contribution in [2.75, 3.05) is 20.1 Å². The highest BCUT2D eigenvalue weighted by Gasteiger charge is 2.29. The summed E-state index contributed by atoms with van der Waals surface area (Å²) in [5.41, 5.74) is 0.0685. The first-order valence-electron chi connectivity index (χ1n) is 4.82. The number of hydrogen-bond acceptors (Lipinski definition) is 2. The second-order valence-electron chi connectivity index (χ2n) is 3.72. The number of hydrogen-bond donors (Lipinski definition) is 0. The molecule has 2 nitrogen and oxygen atoms in total. The van der Waals surface area contributed by atoms with Crippen molar-refractivity contribution in [2.45, 2.75) is 6.18 Å². The average Bonchev–Trinajstić information content (AvgIpc) is 2.14. The van der Waals surface area contributed by atoms with Gasteiger partial charge in [0.1, 0.15) is 5.82 Å². The molecule has 0 atom stereocenters. The third kappa shape index (κ3) is 4.95. The fourth-order valence-corrected chi connectivity index (χ4v) is 1.36. The Hall–Kier alpha value is -1.43. The fraction of sp³-hybridized carbons (Fsp3) is 0.364. The minimum atomic E-state index is -4.35. The Bertz CT molecular complexity index is 403. The molecule has 1 aromatic carbocycles. The highest BCUT2D eigenvalue weighted by molar-refractivity contribution is 5.97. The normalized spacial score (nSPS) is 11.9. The molecule has 0 spiro atoms. The van der Waals surface area contributed by atoms with Gasteiger partial charge in [-0.2, -0.15) is 13.2 Å². The van der Waals surface area contributed by atoms with E-state index < -0.39 is 30.9 Å². The number of halogens is 4. The van der Waals surface area contributed by atoms with E-state index in [4.69, 9.17) is 0 Å². The second kappa shape index (κ2) is 5.27. The minimum absolute atomic E-state index is 0.0685. The Morgan fingerprint density at radius 2 is 2.00 bits per heavy atom. The Kier molecular flexibility index (Phi) is 4.22. The van der Waals surface area contributed by atoms with Gasteiger partial charge >= 0.3 is 6.18 Å². The van der Waals surface area contributed by atoms with E-state index in [-0.39, 0.29) is 5.56 Å². The van der Waals surface area contributed by atoms with Crippen LogP contribution in [0.4, 0.5) is 17.6 Å². The van der Waals surface area contributed by atoms with Gasteiger partial charge in [0.2, 0.25) is 0 Å². The summed E-state index contributed by atoms with van der Waals surface area (Å²) in [6.07, 6.45) is -4.35. The second-order valence-corrected chi connectivity index (χ2v) is 3.72. The van der Waals surface area contributed by atoms with Gasteiger partial charge in [0.15, 0.2) is 5.78 Å². The van der Waals surface area contributed by atoms with E-state index in [1.54, 1.807) is 0 Å². The summed E-state index contributed by atoms with van der Waals surface area (Å²) >= 11 is 0. The van der Waals surface area contributed by atoms with Crippen molar-refractivity contribution in [1.82, 2.24) is 4.90 Å². The molecule has 0 aliphatic carbocycles. The van der Waals surface area contributed by atoms with Gasteiger partial charge in [0.25, 0.3) is 0 Å². The number of benzene rings is 1. The van der Waals surface area contributed by atoms with Crippen molar-refractivity contribution < 1.29 is 22.4 Å². The largest absolute Gasteiger partial charge is 0.401 e. The molecular weight excluding hydrogens is 238 g/mol. The van der Waals surface area contributed by atoms with Crippen LogP contribution in [0.15, 0.2) is 24.3 Å². The summed E-state index contributed by atoms with van der Waals surface area (Å²) in [5.74, 6) is -1.13. The first-order chi connectivity index (χ1) is 7.78. The zero-order chi connectivity index (χ0) is 13.1. The highest BCUT2D eigenvalue weighted by Crippen LogP contribution is 2.15. The summed E-state index contributed by atoms with van der Waals surface area (Å²) < 4.78 is 48.8. The monoisotopic (exact) mass is 249 g/mol. The molecule has 1 aromatic rings. The number of carbonyl (C=O) groups is 1. The summed E-state index contributed by atoms with van der Waals surface area (Å²) in [5, 5.41) is 0. The third-order valence-electron chi connectivity index (χ3n) is 2.01. The van der Waals surface area contributed by atoms with Crippen LogP contribution >= 0.6 is 0 Å². The van der Waals surface area contributed by atoms with E-state index >= 15 is 0 Å². The zero-order valence-corrected chi connectivity index (χ0v) is 9.09. The van der Waals surface area contributed by atoms with Gasteiger partial charge in [-0.3, -0.25) is 9.69 Å². The van der Waals surface area contributed by atoms with Crippen LogP contribution in [0.5, 0.6) is 0 Å². The number of likely N-dealkylation sites (N-methyl/N-ethyl adjacent to an activating group) is 1. The number of Topliss-reactive ketones (excluding diaryl/α,β-unsaturated/α-hetero) is 1. The summed E-state index contributed by atoms with van der Waals surface area (Å²) in [6, 6.07) is 4.87. The van der Waals surface area contributed by atoms with E-state index in [0.717, 1.165) is 17.0 Å². The van der Waals surface area contributed by atoms with Crippen LogP contribution in [-0.4, -0.2) is 37.0 Å². The van der Waals surface area contributed by atoms with E-state index in [2.05, 4.69) is 0 Å². The van der Waals surface area contributed by atoms with Crippen molar-refractivity contribution in [1.29, 1.82) is 0 Å². The maximum absolute atomic E-state index is 12.8. The number of nitrogens with zero attached hydrogens (tertiary/aromatic N) is 1. The maximum Gasteiger partial charge on any atom is 0.401 e. The first-order valence-corrected chi connectivity index (χ1v) is 4.82. The molecule has 0 N–H and O–H groups in total. The fourth-order valence-electron chi connectivity index (χ4n) is 1.36. The number of carbonyl (C=O) groups excluding carboxylic acids is 1. The van der Waals surface area contributed by atoms with Gasteiger partial charge in [0.05, 0.1) is 13.1 Å². The van der Waals surface area contributed by atoms with Crippen LogP contribution in [0.2, 0.25) is 0 Å². The lowest BCUT2D eigenvalue weighted by Gasteiger charge is -2.17. The van der Waals surface area contributed by atoms with E-state index in [1.807, 2.05) is 0 Å². The molecular formula is C11H11F4NO. The van der Waals surface area contributed by atoms with Gasteiger partial charge < -0.3 is 0 Å². The molecule has 6 heteroatoms. The Balaban J connectivity index is 2.61. The van der Waals surface area contributed by atoms with E-state index in [1.165, 1.54) is 19.2 Å². The lowest BCUT2D eigenvalue weighted by molar-refractivity contribution is -0.141. The lowest BCUT2D eigenvalue weighted by Crippen LogP contribution is -2.34. The van der Waals surface area contributed by atoms with Gasteiger partial charge in [-0.05, 0) is 19.2 Å². The summed E-state index contributed by atoms with van der Waals surface area (Å²) in [6.45, 7) is -1.57. The van der Waals surface area contributed by atoms with Crippen LogP contribution < -0.4 is 0 Å². The van der Waals surface area contributed by atoms with Crippen molar-refractivity contribution in [3.63, 3.8) is 0 Å². The molecule has 0 aliphatic rings. The number of alkyl halides is 3. The molecule has 0 radical (unpaired) electrons. The van der Waals surface area contributed by atoms with Crippen LogP contribution in [0, 0.1) is 5.82 Å². The molecule has 0 saturated heterocycles. The molecule has 0 bridgehead atoms. The van der Waals surface area contributed by atoms with Crippen LogP contribution in [-0.2, 0) is 0 Å². The van der Waals surface area contributed by atoms with Crippen molar-refractivity contribution in [3.8, 4) is 0 Å². The SMILES string of the molecule is CN(CC(=O)c1cccc(F)c1)CC(F)(F)F. The molecule has 0 heterocycles. The van der Waals surface area contributed by atoms with Crippen molar-refractivity contribution in [3.05, 3.63) is 35.6 Å². The molecule has 0 aromatic heterocycles. The molecule has 1 rings (SSSR count). The summed E-state index contributed by atoms with van der Waals surface area (Å²) in [7, 11) is 1.19. The molecule has 0 amide bonds. The highest BCUT2D eigenvalue weighted by atomic mass is 19.4. The molecule has 17 heavy (non-hydrogen) atoms. The predicted molar refractivity (Wildman–Crippen MR) is 54.3 cm³/mol. The lowest BCUT2D eigenvalue weighted by atomic mass is 10.1. The van der Waals surface area contributed by atoms with Gasteiger partial charge in [-0.1, -0.05) is 12.1 Å². The molecule has 94 valence electrons.